The fourth-order valence-electron chi connectivity index (χ4n) is 2.37. The van der Waals surface area contributed by atoms with E-state index in [1.54, 1.807) is 18.2 Å². The van der Waals surface area contributed by atoms with Gasteiger partial charge in [0.15, 0.2) is 0 Å². The van der Waals surface area contributed by atoms with Gasteiger partial charge in [0.05, 0.1) is 17.1 Å². The minimum atomic E-state index is -0.381. The average Bonchev–Trinajstić information content (AvgIpc) is 2.34. The molecule has 2 rings (SSSR count). The van der Waals surface area contributed by atoms with Gasteiger partial charge < -0.3 is 10.8 Å². The minimum absolute atomic E-state index is 0.270. The zero-order valence-corrected chi connectivity index (χ0v) is 10.9. The van der Waals surface area contributed by atoms with E-state index in [1.165, 1.54) is 6.07 Å². The number of nitrogens with zero attached hydrogens (tertiary/aromatic N) is 1. The standard InChI is InChI=1S/C13H17FN2OS/c14-11-4-2-1-3-10(11)12(13(15)18)16-7-5-9(17)6-8-16/h1-4,9,12,17H,5-8H2,(H2,15,18). The zero-order chi connectivity index (χ0) is 13.1. The van der Waals surface area contributed by atoms with Crippen molar-refractivity contribution in [1.29, 1.82) is 0 Å². The molecule has 1 heterocycles. The lowest BCUT2D eigenvalue weighted by molar-refractivity contribution is 0.0733. The van der Waals surface area contributed by atoms with Crippen LogP contribution in [0, 0.1) is 5.82 Å². The van der Waals surface area contributed by atoms with Crippen LogP contribution in [-0.4, -0.2) is 34.2 Å². The Morgan fingerprint density at radius 1 is 1.39 bits per heavy atom. The SMILES string of the molecule is NC(=S)C(c1ccccc1F)N1CCC(O)CC1. The highest BCUT2D eigenvalue weighted by Gasteiger charge is 2.28. The largest absolute Gasteiger partial charge is 0.393 e. The molecular weight excluding hydrogens is 251 g/mol. The maximum Gasteiger partial charge on any atom is 0.128 e. The summed E-state index contributed by atoms with van der Waals surface area (Å²) in [5, 5.41) is 9.51. The summed E-state index contributed by atoms with van der Waals surface area (Å²) in [5.41, 5.74) is 6.28. The van der Waals surface area contributed by atoms with Crippen molar-refractivity contribution < 1.29 is 9.50 Å². The number of hydrogen-bond donors (Lipinski definition) is 2. The molecule has 0 amide bonds. The van der Waals surface area contributed by atoms with Crippen LogP contribution in [0.4, 0.5) is 4.39 Å². The molecule has 0 aromatic heterocycles. The lowest BCUT2D eigenvalue weighted by Crippen LogP contribution is -2.43. The first-order valence-corrected chi connectivity index (χ1v) is 6.46. The van der Waals surface area contributed by atoms with Crippen molar-refractivity contribution in [3.05, 3.63) is 35.6 Å². The summed E-state index contributed by atoms with van der Waals surface area (Å²) < 4.78 is 13.8. The molecule has 98 valence electrons. The van der Waals surface area contributed by atoms with E-state index in [1.807, 2.05) is 4.90 Å². The summed E-state index contributed by atoms with van der Waals surface area (Å²) in [6, 6.07) is 6.18. The van der Waals surface area contributed by atoms with Crippen LogP contribution in [0.1, 0.15) is 24.4 Å². The predicted molar refractivity (Wildman–Crippen MR) is 72.7 cm³/mol. The molecule has 1 aromatic rings. The van der Waals surface area contributed by atoms with Crippen molar-refractivity contribution >= 4 is 17.2 Å². The first kappa shape index (κ1) is 13.4. The Balaban J connectivity index is 2.24. The average molecular weight is 268 g/mol. The summed E-state index contributed by atoms with van der Waals surface area (Å²) >= 11 is 5.08. The molecule has 0 aliphatic carbocycles. The van der Waals surface area contributed by atoms with E-state index in [9.17, 15) is 9.50 Å². The van der Waals surface area contributed by atoms with Crippen molar-refractivity contribution in [2.45, 2.75) is 25.0 Å². The van der Waals surface area contributed by atoms with Crippen LogP contribution in [0.2, 0.25) is 0 Å². The maximum absolute atomic E-state index is 13.8. The number of likely N-dealkylation sites (tertiary alicyclic amines) is 1. The highest BCUT2D eigenvalue weighted by molar-refractivity contribution is 7.80. The van der Waals surface area contributed by atoms with Crippen molar-refractivity contribution in [3.63, 3.8) is 0 Å². The maximum atomic E-state index is 13.8. The molecule has 1 atom stereocenters. The Morgan fingerprint density at radius 3 is 2.56 bits per heavy atom. The third-order valence-corrected chi connectivity index (χ3v) is 3.56. The quantitative estimate of drug-likeness (QED) is 0.818. The Morgan fingerprint density at radius 2 is 2.00 bits per heavy atom. The second-order valence-corrected chi connectivity index (χ2v) is 5.06. The monoisotopic (exact) mass is 268 g/mol. The third kappa shape index (κ3) is 2.85. The van der Waals surface area contributed by atoms with E-state index in [0.717, 1.165) is 0 Å². The van der Waals surface area contributed by atoms with E-state index in [-0.39, 0.29) is 23.0 Å². The van der Waals surface area contributed by atoms with Gasteiger partial charge in [-0.15, -0.1) is 0 Å². The second-order valence-electron chi connectivity index (χ2n) is 4.59. The lowest BCUT2D eigenvalue weighted by Gasteiger charge is -2.36. The molecular formula is C13H17FN2OS. The molecule has 1 aliphatic heterocycles. The second kappa shape index (κ2) is 5.73. The molecule has 0 radical (unpaired) electrons. The van der Waals surface area contributed by atoms with Crippen molar-refractivity contribution in [2.75, 3.05) is 13.1 Å². The number of thiocarbonyl (C=S) groups is 1. The number of rotatable bonds is 3. The van der Waals surface area contributed by atoms with Crippen LogP contribution >= 0.6 is 12.2 Å². The highest BCUT2D eigenvalue weighted by atomic mass is 32.1. The molecule has 1 fully saturated rings. The summed E-state index contributed by atoms with van der Waals surface area (Å²) in [5.74, 6) is -0.290. The molecule has 0 bridgehead atoms. The van der Waals surface area contributed by atoms with E-state index >= 15 is 0 Å². The van der Waals surface area contributed by atoms with Crippen LogP contribution in [0.5, 0.6) is 0 Å². The Bertz CT molecular complexity index is 433. The first-order chi connectivity index (χ1) is 8.59. The Hall–Kier alpha value is -1.04. The number of aliphatic hydroxyl groups excluding tert-OH is 1. The van der Waals surface area contributed by atoms with E-state index in [4.69, 9.17) is 18.0 Å². The van der Waals surface area contributed by atoms with Gasteiger partial charge in [-0.3, -0.25) is 4.90 Å². The molecule has 3 nitrogen and oxygen atoms in total. The molecule has 0 saturated carbocycles. The van der Waals surface area contributed by atoms with Crippen molar-refractivity contribution in [3.8, 4) is 0 Å². The molecule has 1 saturated heterocycles. The summed E-state index contributed by atoms with van der Waals surface area (Å²) in [6.07, 6.45) is 1.08. The van der Waals surface area contributed by atoms with E-state index in [2.05, 4.69) is 0 Å². The minimum Gasteiger partial charge on any atom is -0.393 e. The summed E-state index contributed by atoms with van der Waals surface area (Å²) in [4.78, 5) is 2.31. The van der Waals surface area contributed by atoms with Crippen LogP contribution in [-0.2, 0) is 0 Å². The number of aliphatic hydroxyl groups is 1. The number of benzene rings is 1. The van der Waals surface area contributed by atoms with E-state index < -0.39 is 0 Å². The number of nitrogens with two attached hydrogens (primary N) is 1. The van der Waals surface area contributed by atoms with Gasteiger partial charge in [-0.2, -0.15) is 0 Å². The third-order valence-electron chi connectivity index (χ3n) is 3.33. The topological polar surface area (TPSA) is 49.5 Å². The smallest absolute Gasteiger partial charge is 0.128 e. The first-order valence-electron chi connectivity index (χ1n) is 6.05. The molecule has 1 unspecified atom stereocenters. The fourth-order valence-corrected chi connectivity index (χ4v) is 2.65. The van der Waals surface area contributed by atoms with Gasteiger partial charge in [0, 0.05) is 18.7 Å². The molecule has 0 spiro atoms. The van der Waals surface area contributed by atoms with Crippen LogP contribution in [0.3, 0.4) is 0 Å². The van der Waals surface area contributed by atoms with Crippen LogP contribution < -0.4 is 5.73 Å². The van der Waals surface area contributed by atoms with Gasteiger partial charge in [-0.25, -0.2) is 4.39 Å². The van der Waals surface area contributed by atoms with Gasteiger partial charge in [0.25, 0.3) is 0 Å². The van der Waals surface area contributed by atoms with Gasteiger partial charge in [-0.1, -0.05) is 30.4 Å². The van der Waals surface area contributed by atoms with Gasteiger partial charge in [0.1, 0.15) is 5.82 Å². The summed E-state index contributed by atoms with van der Waals surface area (Å²) in [7, 11) is 0. The highest BCUT2D eigenvalue weighted by Crippen LogP contribution is 2.26. The Labute approximate surface area is 111 Å². The zero-order valence-electron chi connectivity index (χ0n) is 10.1. The summed E-state index contributed by atoms with van der Waals surface area (Å²) in [6.45, 7) is 1.36. The van der Waals surface area contributed by atoms with Crippen molar-refractivity contribution in [2.24, 2.45) is 5.73 Å². The van der Waals surface area contributed by atoms with Crippen LogP contribution in [0.25, 0.3) is 0 Å². The molecule has 5 heteroatoms. The van der Waals surface area contributed by atoms with E-state index in [0.29, 0.717) is 31.5 Å². The predicted octanol–water partition coefficient (Wildman–Crippen LogP) is 1.61. The molecule has 1 aromatic carbocycles. The molecule has 1 aliphatic rings. The number of piperidine rings is 1. The van der Waals surface area contributed by atoms with Crippen molar-refractivity contribution in [1.82, 2.24) is 4.90 Å². The Kier molecular flexibility index (Phi) is 4.27. The van der Waals surface area contributed by atoms with Gasteiger partial charge >= 0.3 is 0 Å². The van der Waals surface area contributed by atoms with Gasteiger partial charge in [-0.05, 0) is 18.9 Å². The fraction of sp³-hybridized carbons (Fsp3) is 0.462. The van der Waals surface area contributed by atoms with Gasteiger partial charge in [0.2, 0.25) is 0 Å². The molecule has 18 heavy (non-hydrogen) atoms. The number of halogens is 1. The van der Waals surface area contributed by atoms with Crippen LogP contribution in [0.15, 0.2) is 24.3 Å². The normalized spacial score (nSPS) is 19.7. The lowest BCUT2D eigenvalue weighted by atomic mass is 10.00. The number of hydrogen-bond acceptors (Lipinski definition) is 3. The molecule has 3 N–H and O–H groups in total.